The molecule has 0 fully saturated rings. The summed E-state index contributed by atoms with van der Waals surface area (Å²) in [6, 6.07) is 0. The van der Waals surface area contributed by atoms with Gasteiger partial charge in [0.25, 0.3) is 0 Å². The summed E-state index contributed by atoms with van der Waals surface area (Å²) in [6.07, 6.45) is 0. The van der Waals surface area contributed by atoms with E-state index in [1.54, 1.807) is 0 Å². The molecule has 0 aliphatic carbocycles. The number of hydrogen-bond acceptors (Lipinski definition) is 4. The first kappa shape index (κ1) is 11.4. The molecule has 4 nitrogen and oxygen atoms in total. The Morgan fingerprint density at radius 1 is 1.42 bits per heavy atom. The fourth-order valence-electron chi connectivity index (χ4n) is 0.796. The largest absolute Gasteiger partial charge is 0.238 e. The minimum Gasteiger partial charge on any atom is -0.238 e. The van der Waals surface area contributed by atoms with Gasteiger partial charge in [-0.1, -0.05) is 13.8 Å². The first-order valence-corrected chi connectivity index (χ1v) is 4.15. The van der Waals surface area contributed by atoms with Crippen molar-refractivity contribution in [3.63, 3.8) is 0 Å². The molecule has 0 aromatic heterocycles. The lowest BCUT2D eigenvalue weighted by Gasteiger charge is -2.39. The monoisotopic (exact) mass is 172 g/mol. The Bertz CT molecular complexity index is 142. The molecule has 0 unspecified atom stereocenters. The van der Waals surface area contributed by atoms with E-state index in [1.165, 1.54) is 0 Å². The van der Waals surface area contributed by atoms with Crippen molar-refractivity contribution in [2.75, 3.05) is 7.05 Å². The van der Waals surface area contributed by atoms with Gasteiger partial charge in [0.15, 0.2) is 0 Å². The molecular weight excluding hydrogens is 152 g/mol. The maximum Gasteiger partial charge on any atom is 0.0541 e. The van der Waals surface area contributed by atoms with E-state index in [0.717, 1.165) is 0 Å². The van der Waals surface area contributed by atoms with E-state index < -0.39 is 0 Å². The zero-order chi connectivity index (χ0) is 9.78. The highest BCUT2D eigenvalue weighted by molar-refractivity contribution is 5.22. The number of nitrogens with one attached hydrogen (secondary N) is 2. The molecule has 2 N–H and O–H groups in total. The average molecular weight is 172 g/mol. The second-order valence-electron chi connectivity index (χ2n) is 3.63. The van der Waals surface area contributed by atoms with Crippen molar-refractivity contribution >= 4 is 6.72 Å². The van der Waals surface area contributed by atoms with Gasteiger partial charge in [0.05, 0.1) is 5.54 Å². The number of rotatable bonds is 5. The number of hydrazone groups is 1. The van der Waals surface area contributed by atoms with E-state index in [9.17, 15) is 0 Å². The average Bonchev–Trinajstić information content (AvgIpc) is 1.99. The van der Waals surface area contributed by atoms with Gasteiger partial charge in [0, 0.05) is 13.8 Å². The van der Waals surface area contributed by atoms with E-state index in [1.807, 2.05) is 12.2 Å². The lowest BCUT2D eigenvalue weighted by atomic mass is 9.91. The molecule has 0 saturated heterocycles. The molecule has 0 radical (unpaired) electrons. The van der Waals surface area contributed by atoms with Crippen LogP contribution in [-0.2, 0) is 0 Å². The first-order valence-electron chi connectivity index (χ1n) is 4.15. The SMILES string of the molecule is C=NNN(NC)C(C)(C)C(C)C. The van der Waals surface area contributed by atoms with Crippen LogP contribution in [0.2, 0.25) is 0 Å². The summed E-state index contributed by atoms with van der Waals surface area (Å²) >= 11 is 0. The van der Waals surface area contributed by atoms with Gasteiger partial charge in [0.1, 0.15) is 0 Å². The first-order chi connectivity index (χ1) is 5.46. The van der Waals surface area contributed by atoms with Crippen LogP contribution < -0.4 is 11.0 Å². The summed E-state index contributed by atoms with van der Waals surface area (Å²) in [5, 5.41) is 5.46. The molecule has 0 aromatic rings. The molecule has 0 spiro atoms. The van der Waals surface area contributed by atoms with Crippen LogP contribution in [0.3, 0.4) is 0 Å². The predicted octanol–water partition coefficient (Wildman–Crippen LogP) is 0.978. The van der Waals surface area contributed by atoms with E-state index in [0.29, 0.717) is 5.92 Å². The molecule has 0 aliphatic heterocycles. The summed E-state index contributed by atoms with van der Waals surface area (Å²) < 4.78 is 0. The smallest absolute Gasteiger partial charge is 0.0541 e. The zero-order valence-corrected chi connectivity index (χ0v) is 8.68. The summed E-state index contributed by atoms with van der Waals surface area (Å²) in [7, 11) is 1.85. The molecule has 0 saturated carbocycles. The molecular formula is C8H20N4. The maximum atomic E-state index is 3.62. The Morgan fingerprint density at radius 2 is 1.92 bits per heavy atom. The van der Waals surface area contributed by atoms with Gasteiger partial charge in [-0.2, -0.15) is 5.10 Å². The number of hydrazine groups is 2. The molecule has 4 heteroatoms. The Morgan fingerprint density at radius 3 is 2.17 bits per heavy atom. The van der Waals surface area contributed by atoms with Gasteiger partial charge in [-0.25, -0.2) is 11.0 Å². The summed E-state index contributed by atoms with van der Waals surface area (Å²) in [5.74, 6) is 0.513. The number of nitrogens with zero attached hydrogens (tertiary/aromatic N) is 2. The summed E-state index contributed by atoms with van der Waals surface area (Å²) in [4.78, 5) is 0. The van der Waals surface area contributed by atoms with E-state index >= 15 is 0 Å². The van der Waals surface area contributed by atoms with E-state index in [4.69, 9.17) is 0 Å². The highest BCUT2D eigenvalue weighted by atomic mass is 15.8. The lowest BCUT2D eigenvalue weighted by molar-refractivity contribution is -0.0151. The Balaban J connectivity index is 4.35. The van der Waals surface area contributed by atoms with Gasteiger partial charge in [-0.05, 0) is 19.8 Å². The van der Waals surface area contributed by atoms with Gasteiger partial charge in [-0.15, -0.1) is 5.12 Å². The van der Waals surface area contributed by atoms with Crippen LogP contribution in [0.1, 0.15) is 27.7 Å². The molecule has 0 bridgehead atoms. The minimum absolute atomic E-state index is 0.00403. The van der Waals surface area contributed by atoms with Gasteiger partial charge in [-0.3, -0.25) is 0 Å². The fraction of sp³-hybridized carbons (Fsp3) is 0.875. The van der Waals surface area contributed by atoms with Crippen LogP contribution in [0.25, 0.3) is 0 Å². The van der Waals surface area contributed by atoms with Crippen LogP contribution in [0, 0.1) is 5.92 Å². The predicted molar refractivity (Wildman–Crippen MR) is 52.5 cm³/mol. The van der Waals surface area contributed by atoms with Crippen molar-refractivity contribution < 1.29 is 0 Å². The third-order valence-corrected chi connectivity index (χ3v) is 2.38. The van der Waals surface area contributed by atoms with Crippen molar-refractivity contribution in [1.82, 2.24) is 16.1 Å². The number of hydrogen-bond donors (Lipinski definition) is 2. The third kappa shape index (κ3) is 2.46. The second-order valence-corrected chi connectivity index (χ2v) is 3.63. The molecule has 0 aliphatic rings. The van der Waals surface area contributed by atoms with Crippen molar-refractivity contribution in [1.29, 1.82) is 0 Å². The summed E-state index contributed by atoms with van der Waals surface area (Å²) in [5.41, 5.74) is 5.80. The highest BCUT2D eigenvalue weighted by Crippen LogP contribution is 2.20. The van der Waals surface area contributed by atoms with Crippen molar-refractivity contribution in [3.8, 4) is 0 Å². The quantitative estimate of drug-likeness (QED) is 0.479. The van der Waals surface area contributed by atoms with E-state index in [2.05, 4.69) is 50.5 Å². The summed E-state index contributed by atoms with van der Waals surface area (Å²) in [6.45, 7) is 12.0. The molecule has 0 amide bonds. The van der Waals surface area contributed by atoms with Crippen LogP contribution in [0.4, 0.5) is 0 Å². The zero-order valence-electron chi connectivity index (χ0n) is 8.68. The second kappa shape index (κ2) is 4.42. The third-order valence-electron chi connectivity index (χ3n) is 2.38. The molecule has 0 rings (SSSR count). The Hall–Kier alpha value is -0.610. The van der Waals surface area contributed by atoms with E-state index in [-0.39, 0.29) is 5.54 Å². The lowest BCUT2D eigenvalue weighted by Crippen LogP contribution is -2.58. The molecule has 0 aromatic carbocycles. The standard InChI is InChI=1S/C8H20N4/c1-7(2)8(3,4)12(10-6)11-9-5/h7,10-11H,5H2,1-4,6H3. The van der Waals surface area contributed by atoms with Crippen LogP contribution in [0.5, 0.6) is 0 Å². The maximum absolute atomic E-state index is 3.62. The van der Waals surface area contributed by atoms with Gasteiger partial charge >= 0.3 is 0 Å². The van der Waals surface area contributed by atoms with Crippen LogP contribution >= 0.6 is 0 Å². The molecule has 12 heavy (non-hydrogen) atoms. The van der Waals surface area contributed by atoms with Crippen molar-refractivity contribution in [3.05, 3.63) is 0 Å². The normalized spacial score (nSPS) is 12.2. The minimum atomic E-state index is -0.00403. The van der Waals surface area contributed by atoms with Gasteiger partial charge < -0.3 is 0 Å². The highest BCUT2D eigenvalue weighted by Gasteiger charge is 2.29. The van der Waals surface area contributed by atoms with Crippen LogP contribution in [0.15, 0.2) is 5.10 Å². The Labute approximate surface area is 75.0 Å². The van der Waals surface area contributed by atoms with Crippen molar-refractivity contribution in [2.45, 2.75) is 33.2 Å². The van der Waals surface area contributed by atoms with Gasteiger partial charge in [0.2, 0.25) is 0 Å². The van der Waals surface area contributed by atoms with Crippen molar-refractivity contribution in [2.24, 2.45) is 11.0 Å². The Kier molecular flexibility index (Phi) is 4.20. The molecule has 0 heterocycles. The fourth-order valence-corrected chi connectivity index (χ4v) is 0.796. The topological polar surface area (TPSA) is 39.7 Å². The molecule has 0 atom stereocenters. The van der Waals surface area contributed by atoms with Crippen LogP contribution in [-0.4, -0.2) is 24.4 Å². The molecule has 72 valence electrons.